The normalized spacial score (nSPS) is 10.6. The number of nitrogens with zero attached hydrogens (tertiary/aromatic N) is 3. The standard InChI is InChI=1S/C9H6ClN3O2/c10-7-4-2-1-3-6(7)5-8(9(14)15)12-13-11/h1-5H,(H,14,15)/b8-5-. The largest absolute Gasteiger partial charge is 0.478 e. The fraction of sp³-hybridized carbons (Fsp3) is 0. The van der Waals surface area contributed by atoms with Crippen LogP contribution in [0.4, 0.5) is 0 Å². The van der Waals surface area contributed by atoms with Gasteiger partial charge in [0.15, 0.2) is 0 Å². The van der Waals surface area contributed by atoms with Gasteiger partial charge >= 0.3 is 5.97 Å². The Hall–Kier alpha value is -1.97. The molecule has 76 valence electrons. The fourth-order valence-corrected chi connectivity index (χ4v) is 1.11. The number of carboxylic acid groups (broad SMARTS) is 1. The molecule has 15 heavy (non-hydrogen) atoms. The zero-order valence-corrected chi connectivity index (χ0v) is 8.22. The van der Waals surface area contributed by atoms with Crippen LogP contribution in [0.1, 0.15) is 5.56 Å². The fourth-order valence-electron chi connectivity index (χ4n) is 0.921. The van der Waals surface area contributed by atoms with E-state index < -0.39 is 11.7 Å². The predicted molar refractivity (Wildman–Crippen MR) is 56.2 cm³/mol. The Labute approximate surface area is 90.2 Å². The molecule has 0 aliphatic carbocycles. The van der Waals surface area contributed by atoms with Gasteiger partial charge in [0.05, 0.1) is 0 Å². The van der Waals surface area contributed by atoms with E-state index in [2.05, 4.69) is 10.0 Å². The van der Waals surface area contributed by atoms with Crippen LogP contribution in [0.5, 0.6) is 0 Å². The number of rotatable bonds is 3. The molecule has 0 heterocycles. The highest BCUT2D eigenvalue weighted by Crippen LogP contribution is 2.18. The lowest BCUT2D eigenvalue weighted by atomic mass is 10.2. The van der Waals surface area contributed by atoms with Gasteiger partial charge in [-0.3, -0.25) is 0 Å². The predicted octanol–water partition coefficient (Wildman–Crippen LogP) is 3.08. The lowest BCUT2D eigenvalue weighted by Crippen LogP contribution is -1.96. The van der Waals surface area contributed by atoms with E-state index in [1.54, 1.807) is 24.3 Å². The maximum atomic E-state index is 10.6. The van der Waals surface area contributed by atoms with E-state index in [4.69, 9.17) is 22.2 Å². The van der Waals surface area contributed by atoms with Crippen LogP contribution in [-0.4, -0.2) is 11.1 Å². The lowest BCUT2D eigenvalue weighted by molar-refractivity contribution is -0.132. The first kappa shape index (κ1) is 11.1. The number of halogens is 1. The molecule has 0 radical (unpaired) electrons. The molecule has 0 aliphatic heterocycles. The van der Waals surface area contributed by atoms with Crippen LogP contribution >= 0.6 is 11.6 Å². The number of hydrogen-bond donors (Lipinski definition) is 1. The van der Waals surface area contributed by atoms with Gasteiger partial charge in [-0.2, -0.15) is 0 Å². The minimum absolute atomic E-state index is 0.393. The van der Waals surface area contributed by atoms with Crippen LogP contribution in [-0.2, 0) is 4.79 Å². The number of aliphatic carboxylic acids is 1. The molecule has 0 fully saturated rings. The molecule has 0 amide bonds. The summed E-state index contributed by atoms with van der Waals surface area (Å²) in [7, 11) is 0. The summed E-state index contributed by atoms with van der Waals surface area (Å²) in [5, 5.41) is 12.1. The minimum Gasteiger partial charge on any atom is -0.478 e. The quantitative estimate of drug-likeness (QED) is 0.369. The average molecular weight is 224 g/mol. The highest BCUT2D eigenvalue weighted by molar-refractivity contribution is 6.32. The Morgan fingerprint density at radius 1 is 1.53 bits per heavy atom. The van der Waals surface area contributed by atoms with Gasteiger partial charge in [-0.05, 0) is 23.2 Å². The van der Waals surface area contributed by atoms with E-state index in [1.807, 2.05) is 0 Å². The lowest BCUT2D eigenvalue weighted by Gasteiger charge is -1.97. The van der Waals surface area contributed by atoms with Crippen molar-refractivity contribution in [3.8, 4) is 0 Å². The van der Waals surface area contributed by atoms with Crippen LogP contribution in [0.2, 0.25) is 5.02 Å². The molecule has 5 nitrogen and oxygen atoms in total. The van der Waals surface area contributed by atoms with Gasteiger partial charge in [-0.15, -0.1) is 0 Å². The topological polar surface area (TPSA) is 86.1 Å². The van der Waals surface area contributed by atoms with Gasteiger partial charge in [0, 0.05) is 9.93 Å². The number of carbonyl (C=O) groups is 1. The summed E-state index contributed by atoms with van der Waals surface area (Å²) in [5.41, 5.74) is 8.25. The summed E-state index contributed by atoms with van der Waals surface area (Å²) >= 11 is 5.80. The smallest absolute Gasteiger partial charge is 0.338 e. The van der Waals surface area contributed by atoms with E-state index in [0.29, 0.717) is 10.6 Å². The van der Waals surface area contributed by atoms with Crippen LogP contribution in [0.3, 0.4) is 0 Å². The van der Waals surface area contributed by atoms with Crippen molar-refractivity contribution in [1.29, 1.82) is 0 Å². The van der Waals surface area contributed by atoms with Crippen molar-refractivity contribution in [3.63, 3.8) is 0 Å². The Kier molecular flexibility index (Phi) is 3.74. The number of carboxylic acids is 1. The van der Waals surface area contributed by atoms with Crippen LogP contribution < -0.4 is 0 Å². The third-order valence-electron chi connectivity index (χ3n) is 1.57. The van der Waals surface area contributed by atoms with Crippen molar-refractivity contribution in [2.75, 3.05) is 0 Å². The minimum atomic E-state index is -1.30. The second-order valence-electron chi connectivity index (χ2n) is 2.55. The molecule has 0 saturated heterocycles. The molecule has 6 heteroatoms. The van der Waals surface area contributed by atoms with E-state index in [1.165, 1.54) is 6.08 Å². The van der Waals surface area contributed by atoms with Crippen molar-refractivity contribution >= 4 is 23.6 Å². The van der Waals surface area contributed by atoms with Gasteiger partial charge in [-0.25, -0.2) is 4.79 Å². The molecule has 1 rings (SSSR count). The highest BCUT2D eigenvalue weighted by Gasteiger charge is 2.05. The summed E-state index contributed by atoms with van der Waals surface area (Å²) in [4.78, 5) is 13.0. The van der Waals surface area contributed by atoms with Crippen molar-refractivity contribution in [3.05, 3.63) is 51.0 Å². The van der Waals surface area contributed by atoms with E-state index in [-0.39, 0.29) is 0 Å². The summed E-state index contributed by atoms with van der Waals surface area (Å²) in [6, 6.07) is 6.65. The molecule has 0 atom stereocenters. The Morgan fingerprint density at radius 2 is 2.20 bits per heavy atom. The highest BCUT2D eigenvalue weighted by atomic mass is 35.5. The molecule has 0 bridgehead atoms. The van der Waals surface area contributed by atoms with Gasteiger partial charge in [-0.1, -0.05) is 34.9 Å². The second kappa shape index (κ2) is 5.05. The Morgan fingerprint density at radius 3 is 2.73 bits per heavy atom. The molecule has 0 aliphatic rings. The molecule has 0 aromatic heterocycles. The summed E-state index contributed by atoms with van der Waals surface area (Å²) in [6.45, 7) is 0. The molecular weight excluding hydrogens is 218 g/mol. The van der Waals surface area contributed by atoms with Gasteiger partial charge in [0.1, 0.15) is 5.70 Å². The summed E-state index contributed by atoms with van der Waals surface area (Å²) < 4.78 is 0. The molecule has 1 N–H and O–H groups in total. The van der Waals surface area contributed by atoms with E-state index in [0.717, 1.165) is 0 Å². The first-order valence-electron chi connectivity index (χ1n) is 3.90. The van der Waals surface area contributed by atoms with Gasteiger partial charge in [0.2, 0.25) is 0 Å². The van der Waals surface area contributed by atoms with Crippen molar-refractivity contribution in [1.82, 2.24) is 0 Å². The van der Waals surface area contributed by atoms with Crippen LogP contribution in [0, 0.1) is 0 Å². The molecule has 1 aromatic carbocycles. The Balaban J connectivity index is 3.19. The molecule has 0 spiro atoms. The van der Waals surface area contributed by atoms with Crippen LogP contribution in [0.15, 0.2) is 35.1 Å². The number of azide groups is 1. The van der Waals surface area contributed by atoms with E-state index in [9.17, 15) is 4.79 Å². The molecule has 1 aromatic rings. The maximum Gasteiger partial charge on any atom is 0.338 e. The van der Waals surface area contributed by atoms with E-state index >= 15 is 0 Å². The summed E-state index contributed by atoms with van der Waals surface area (Å²) in [5.74, 6) is -1.30. The summed E-state index contributed by atoms with van der Waals surface area (Å²) in [6.07, 6.45) is 1.21. The molecule has 0 unspecified atom stereocenters. The average Bonchev–Trinajstić information content (AvgIpc) is 2.20. The SMILES string of the molecule is [N-]=[N+]=N/C(=C\c1ccccc1Cl)C(=O)O. The maximum absolute atomic E-state index is 10.6. The third kappa shape index (κ3) is 3.02. The third-order valence-corrected chi connectivity index (χ3v) is 1.91. The number of hydrogen-bond acceptors (Lipinski definition) is 2. The van der Waals surface area contributed by atoms with Crippen LogP contribution in [0.25, 0.3) is 16.5 Å². The van der Waals surface area contributed by atoms with Crippen molar-refractivity contribution in [2.45, 2.75) is 0 Å². The molecular formula is C9H6ClN3O2. The van der Waals surface area contributed by atoms with Gasteiger partial charge in [0.25, 0.3) is 0 Å². The second-order valence-corrected chi connectivity index (χ2v) is 2.95. The van der Waals surface area contributed by atoms with Crippen molar-refractivity contribution in [2.24, 2.45) is 5.11 Å². The zero-order chi connectivity index (χ0) is 11.3. The van der Waals surface area contributed by atoms with Crippen molar-refractivity contribution < 1.29 is 9.90 Å². The number of benzene rings is 1. The first-order valence-corrected chi connectivity index (χ1v) is 4.27. The first-order chi connectivity index (χ1) is 7.15. The molecule has 0 saturated carbocycles. The zero-order valence-electron chi connectivity index (χ0n) is 7.46. The Bertz CT molecular complexity index is 460. The van der Waals surface area contributed by atoms with Gasteiger partial charge < -0.3 is 5.11 Å². The monoisotopic (exact) mass is 223 g/mol.